The molecule has 1 saturated heterocycles. The number of aromatic nitrogens is 2. The largest absolute Gasteiger partial charge is 0.379 e. The van der Waals surface area contributed by atoms with Crippen LogP contribution in [-0.4, -0.2) is 60.1 Å². The second-order valence-electron chi connectivity index (χ2n) is 7.77. The molecule has 0 radical (unpaired) electrons. The van der Waals surface area contributed by atoms with Crippen LogP contribution in [0.15, 0.2) is 28.3 Å². The van der Waals surface area contributed by atoms with Gasteiger partial charge in [-0.1, -0.05) is 32.5 Å². The molecule has 0 aliphatic carbocycles. The molecular formula is C19H27N3O4S2. The molecule has 2 aromatic rings. The first-order chi connectivity index (χ1) is 13.1. The standard InChI is InChI=1S/C19H27N3O4S2/c1-5-22-16-7-6-14(28(24,25)21-8-10-26-11-9-21)12-15(16)20-18(22)27-13-17(23)19(2,3)4/h6-7,12H,5,8-11,13H2,1-4H3. The molecule has 0 bridgehead atoms. The van der Waals surface area contributed by atoms with Gasteiger partial charge in [0, 0.05) is 25.0 Å². The molecule has 1 aromatic heterocycles. The summed E-state index contributed by atoms with van der Waals surface area (Å²) in [4.78, 5) is 17.1. The Kier molecular flexibility index (Phi) is 6.19. The summed E-state index contributed by atoms with van der Waals surface area (Å²) >= 11 is 1.40. The maximum atomic E-state index is 12.9. The molecule has 0 saturated carbocycles. The number of morpholine rings is 1. The van der Waals surface area contributed by atoms with Gasteiger partial charge in [0.25, 0.3) is 0 Å². The van der Waals surface area contributed by atoms with Crippen LogP contribution in [0, 0.1) is 5.41 Å². The molecule has 28 heavy (non-hydrogen) atoms. The highest BCUT2D eigenvalue weighted by molar-refractivity contribution is 7.99. The normalized spacial score (nSPS) is 16.6. The predicted molar refractivity (Wildman–Crippen MR) is 110 cm³/mol. The van der Waals surface area contributed by atoms with Gasteiger partial charge in [-0.3, -0.25) is 4.79 Å². The number of ether oxygens (including phenoxy) is 1. The zero-order valence-corrected chi connectivity index (χ0v) is 18.4. The fourth-order valence-corrected chi connectivity index (χ4v) is 5.61. The SMILES string of the molecule is CCn1c(SCC(=O)C(C)(C)C)nc2cc(S(=O)(=O)N3CCOCC3)ccc21. The number of rotatable bonds is 6. The van der Waals surface area contributed by atoms with E-state index in [0.29, 0.717) is 44.1 Å². The van der Waals surface area contributed by atoms with E-state index >= 15 is 0 Å². The average molecular weight is 426 g/mol. The lowest BCUT2D eigenvalue weighted by atomic mass is 9.92. The Balaban J connectivity index is 1.91. The van der Waals surface area contributed by atoms with Crippen LogP contribution in [0.5, 0.6) is 0 Å². The van der Waals surface area contributed by atoms with Crippen molar-refractivity contribution in [2.45, 2.75) is 44.3 Å². The summed E-state index contributed by atoms with van der Waals surface area (Å²) in [5, 5.41) is 0.732. The molecule has 2 heterocycles. The van der Waals surface area contributed by atoms with Gasteiger partial charge in [0.2, 0.25) is 10.0 Å². The second kappa shape index (κ2) is 8.14. The minimum absolute atomic E-state index is 0.155. The number of hydrogen-bond acceptors (Lipinski definition) is 6. The summed E-state index contributed by atoms with van der Waals surface area (Å²) in [6.45, 7) is 9.96. The van der Waals surface area contributed by atoms with E-state index in [1.807, 2.05) is 32.3 Å². The van der Waals surface area contributed by atoms with Gasteiger partial charge in [-0.05, 0) is 25.1 Å². The van der Waals surface area contributed by atoms with Crippen LogP contribution in [0.1, 0.15) is 27.7 Å². The number of nitrogens with zero attached hydrogens (tertiary/aromatic N) is 3. The van der Waals surface area contributed by atoms with E-state index in [0.717, 1.165) is 10.7 Å². The number of aryl methyl sites for hydroxylation is 1. The third-order valence-electron chi connectivity index (χ3n) is 4.78. The van der Waals surface area contributed by atoms with Gasteiger partial charge in [-0.25, -0.2) is 13.4 Å². The van der Waals surface area contributed by atoms with Gasteiger partial charge in [0.05, 0.1) is 34.9 Å². The Hall–Kier alpha value is -1.42. The number of carbonyl (C=O) groups is 1. The Bertz CT molecular complexity index is 971. The minimum atomic E-state index is -3.57. The number of sulfonamides is 1. The molecule has 7 nitrogen and oxygen atoms in total. The molecule has 9 heteroatoms. The van der Waals surface area contributed by atoms with Crippen LogP contribution in [0.2, 0.25) is 0 Å². The van der Waals surface area contributed by atoms with Crippen molar-refractivity contribution in [2.75, 3.05) is 32.1 Å². The first kappa shape index (κ1) is 21.3. The lowest BCUT2D eigenvalue weighted by molar-refractivity contribution is -0.123. The van der Waals surface area contributed by atoms with Gasteiger partial charge in [0.15, 0.2) is 5.16 Å². The smallest absolute Gasteiger partial charge is 0.243 e. The first-order valence-corrected chi connectivity index (χ1v) is 11.8. The van der Waals surface area contributed by atoms with Gasteiger partial charge in [-0.2, -0.15) is 4.31 Å². The molecule has 0 atom stereocenters. The summed E-state index contributed by atoms with van der Waals surface area (Å²) in [7, 11) is -3.57. The molecule has 0 spiro atoms. The van der Waals surface area contributed by atoms with Crippen molar-refractivity contribution in [1.29, 1.82) is 0 Å². The number of fused-ring (bicyclic) bond motifs is 1. The van der Waals surface area contributed by atoms with E-state index < -0.39 is 15.4 Å². The van der Waals surface area contributed by atoms with Crippen molar-refractivity contribution in [3.63, 3.8) is 0 Å². The van der Waals surface area contributed by atoms with E-state index in [-0.39, 0.29) is 10.7 Å². The Morgan fingerprint density at radius 2 is 1.93 bits per heavy atom. The zero-order valence-electron chi connectivity index (χ0n) is 16.8. The molecule has 0 unspecified atom stereocenters. The maximum Gasteiger partial charge on any atom is 0.243 e. The van der Waals surface area contributed by atoms with Gasteiger partial charge < -0.3 is 9.30 Å². The fraction of sp³-hybridized carbons (Fsp3) is 0.579. The first-order valence-electron chi connectivity index (χ1n) is 9.39. The van der Waals surface area contributed by atoms with Crippen LogP contribution >= 0.6 is 11.8 Å². The van der Waals surface area contributed by atoms with Gasteiger partial charge >= 0.3 is 0 Å². The van der Waals surface area contributed by atoms with E-state index in [1.54, 1.807) is 18.2 Å². The zero-order chi connectivity index (χ0) is 20.5. The average Bonchev–Trinajstić information content (AvgIpc) is 3.02. The molecule has 154 valence electrons. The van der Waals surface area contributed by atoms with Crippen LogP contribution in [0.3, 0.4) is 0 Å². The quantitative estimate of drug-likeness (QED) is 0.662. The number of benzene rings is 1. The van der Waals surface area contributed by atoms with Crippen LogP contribution in [-0.2, 0) is 26.1 Å². The van der Waals surface area contributed by atoms with Crippen LogP contribution in [0.25, 0.3) is 11.0 Å². The Morgan fingerprint density at radius 3 is 2.54 bits per heavy atom. The van der Waals surface area contributed by atoms with Crippen molar-refractivity contribution < 1.29 is 17.9 Å². The summed E-state index contributed by atoms with van der Waals surface area (Å²) in [5.41, 5.74) is 1.10. The molecule has 0 amide bonds. The minimum Gasteiger partial charge on any atom is -0.379 e. The second-order valence-corrected chi connectivity index (χ2v) is 10.6. The van der Waals surface area contributed by atoms with E-state index in [2.05, 4.69) is 4.98 Å². The van der Waals surface area contributed by atoms with Crippen LogP contribution in [0.4, 0.5) is 0 Å². The molecule has 0 N–H and O–H groups in total. The van der Waals surface area contributed by atoms with E-state index in [9.17, 15) is 13.2 Å². The summed E-state index contributed by atoms with van der Waals surface area (Å²) in [6.07, 6.45) is 0. The Morgan fingerprint density at radius 1 is 1.25 bits per heavy atom. The van der Waals surface area contributed by atoms with Crippen molar-refractivity contribution >= 4 is 38.6 Å². The highest BCUT2D eigenvalue weighted by atomic mass is 32.2. The highest BCUT2D eigenvalue weighted by Crippen LogP contribution is 2.29. The van der Waals surface area contributed by atoms with E-state index in [4.69, 9.17) is 4.74 Å². The number of Topliss-reactive ketones (excluding diaryl/α,β-unsaturated/α-hetero) is 1. The van der Waals surface area contributed by atoms with Crippen molar-refractivity contribution in [2.24, 2.45) is 5.41 Å². The summed E-state index contributed by atoms with van der Waals surface area (Å²) in [6, 6.07) is 5.06. The number of imidazole rings is 1. The predicted octanol–water partition coefficient (Wildman–Crippen LogP) is 2.78. The molecular weight excluding hydrogens is 398 g/mol. The highest BCUT2D eigenvalue weighted by Gasteiger charge is 2.27. The van der Waals surface area contributed by atoms with Crippen molar-refractivity contribution in [3.05, 3.63) is 18.2 Å². The van der Waals surface area contributed by atoms with Gasteiger partial charge in [-0.15, -0.1) is 0 Å². The third kappa shape index (κ3) is 4.27. The lowest BCUT2D eigenvalue weighted by Crippen LogP contribution is -2.40. The molecule has 1 aromatic carbocycles. The Labute approximate surface area is 170 Å². The van der Waals surface area contributed by atoms with Crippen LogP contribution < -0.4 is 0 Å². The third-order valence-corrected chi connectivity index (χ3v) is 7.65. The number of carbonyl (C=O) groups excluding carboxylic acids is 1. The maximum absolute atomic E-state index is 12.9. The molecule has 3 rings (SSSR count). The molecule has 1 aliphatic heterocycles. The number of thioether (sulfide) groups is 1. The summed E-state index contributed by atoms with van der Waals surface area (Å²) < 4.78 is 34.5. The number of ketones is 1. The topological polar surface area (TPSA) is 81.5 Å². The van der Waals surface area contributed by atoms with Gasteiger partial charge in [0.1, 0.15) is 5.78 Å². The molecule has 1 aliphatic rings. The lowest BCUT2D eigenvalue weighted by Gasteiger charge is -2.26. The number of hydrogen-bond donors (Lipinski definition) is 0. The monoisotopic (exact) mass is 425 g/mol. The summed E-state index contributed by atoms with van der Waals surface area (Å²) in [5.74, 6) is 0.494. The molecule has 1 fully saturated rings. The fourth-order valence-electron chi connectivity index (χ4n) is 2.95. The van der Waals surface area contributed by atoms with E-state index in [1.165, 1.54) is 16.1 Å². The van der Waals surface area contributed by atoms with Crippen molar-refractivity contribution in [1.82, 2.24) is 13.9 Å². The van der Waals surface area contributed by atoms with Crippen molar-refractivity contribution in [3.8, 4) is 0 Å².